The Balaban J connectivity index is 1.81. The maximum Gasteiger partial charge on any atom is 0.219 e. The highest BCUT2D eigenvalue weighted by Gasteiger charge is 2.23. The van der Waals surface area contributed by atoms with E-state index in [0.717, 1.165) is 26.1 Å². The largest absolute Gasteiger partial charge is 0.385 e. The molecule has 1 fully saturated rings. The molecule has 1 aliphatic rings. The summed E-state index contributed by atoms with van der Waals surface area (Å²) in [5, 5.41) is 1.28. The number of carbonyl (C=O) groups excluding carboxylic acids is 1. The fourth-order valence-corrected chi connectivity index (χ4v) is 3.93. The van der Waals surface area contributed by atoms with Gasteiger partial charge in [-0.2, -0.15) is 0 Å². The summed E-state index contributed by atoms with van der Waals surface area (Å²) in [5.41, 5.74) is 7.85. The third-order valence-corrected chi connectivity index (χ3v) is 5.25. The third-order valence-electron chi connectivity index (χ3n) is 5.25. The molecule has 1 aliphatic heterocycles. The number of hydrogen-bond acceptors (Lipinski definition) is 3. The fourth-order valence-electron chi connectivity index (χ4n) is 3.93. The Kier molecular flexibility index (Phi) is 6.10. The van der Waals surface area contributed by atoms with Gasteiger partial charge in [0.25, 0.3) is 0 Å². The van der Waals surface area contributed by atoms with Gasteiger partial charge in [-0.15, -0.1) is 0 Å². The number of aromatic nitrogens is 1. The number of amides is 1. The quantitative estimate of drug-likeness (QED) is 0.802. The van der Waals surface area contributed by atoms with E-state index in [-0.39, 0.29) is 5.91 Å². The van der Waals surface area contributed by atoms with Gasteiger partial charge in [0, 0.05) is 56.4 Å². The summed E-state index contributed by atoms with van der Waals surface area (Å²) in [4.78, 5) is 13.8. The molecule has 2 heterocycles. The molecular formula is C20H29N3O2. The van der Waals surface area contributed by atoms with Crippen molar-refractivity contribution in [2.75, 3.05) is 20.3 Å². The summed E-state index contributed by atoms with van der Waals surface area (Å²) >= 11 is 0. The predicted octanol–water partition coefficient (Wildman–Crippen LogP) is 2.91. The second-order valence-corrected chi connectivity index (χ2v) is 6.98. The number of methoxy groups -OCH3 is 1. The molecule has 136 valence electrons. The Morgan fingerprint density at radius 2 is 2.16 bits per heavy atom. The molecule has 1 amide bonds. The van der Waals surface area contributed by atoms with Gasteiger partial charge in [0.15, 0.2) is 0 Å². The van der Waals surface area contributed by atoms with Crippen LogP contribution in [0.4, 0.5) is 0 Å². The zero-order valence-electron chi connectivity index (χ0n) is 15.1. The van der Waals surface area contributed by atoms with Crippen molar-refractivity contribution >= 4 is 16.8 Å². The number of ether oxygens (including phenoxy) is 1. The molecule has 0 aliphatic carbocycles. The molecule has 1 aromatic heterocycles. The fraction of sp³-hybridized carbons (Fsp3) is 0.550. The first-order valence-corrected chi connectivity index (χ1v) is 9.27. The van der Waals surface area contributed by atoms with Crippen molar-refractivity contribution in [1.29, 1.82) is 0 Å². The smallest absolute Gasteiger partial charge is 0.219 e. The number of nitrogens with zero attached hydrogens (tertiary/aromatic N) is 2. The Bertz CT molecular complexity index is 710. The highest BCUT2D eigenvalue weighted by atomic mass is 16.5. The van der Waals surface area contributed by atoms with Crippen LogP contribution in [0.15, 0.2) is 30.5 Å². The monoisotopic (exact) mass is 343 g/mol. The Morgan fingerprint density at radius 1 is 1.32 bits per heavy atom. The lowest BCUT2D eigenvalue weighted by Crippen LogP contribution is -2.39. The number of piperidine rings is 1. The number of benzene rings is 1. The molecule has 1 aromatic carbocycles. The lowest BCUT2D eigenvalue weighted by molar-refractivity contribution is -0.118. The summed E-state index contributed by atoms with van der Waals surface area (Å²) < 4.78 is 7.47. The standard InChI is InChI=1S/C20H29N3O2/c1-25-13-10-17-6-4-5-11-22(17)14-16-15-23(12-9-20(21)24)19-8-3-2-7-18(16)19/h2-3,7-8,15,17H,4-6,9-14H2,1H3,(H2,21,24)/t17-/m1/s1. The number of likely N-dealkylation sites (tertiary alicyclic amines) is 1. The van der Waals surface area contributed by atoms with Gasteiger partial charge in [-0.1, -0.05) is 24.6 Å². The van der Waals surface area contributed by atoms with E-state index >= 15 is 0 Å². The molecule has 5 heteroatoms. The number of nitrogens with two attached hydrogens (primary N) is 1. The molecule has 1 atom stereocenters. The zero-order chi connectivity index (χ0) is 17.6. The van der Waals surface area contributed by atoms with E-state index in [0.29, 0.717) is 19.0 Å². The summed E-state index contributed by atoms with van der Waals surface area (Å²) in [6, 6.07) is 9.04. The number of hydrogen-bond donors (Lipinski definition) is 1. The number of rotatable bonds is 8. The first-order chi connectivity index (χ1) is 12.2. The molecule has 0 unspecified atom stereocenters. The minimum Gasteiger partial charge on any atom is -0.385 e. The number of carbonyl (C=O) groups is 1. The number of aryl methyl sites for hydroxylation is 1. The van der Waals surface area contributed by atoms with E-state index < -0.39 is 0 Å². The Labute approximate surface area is 149 Å². The first-order valence-electron chi connectivity index (χ1n) is 9.27. The minimum absolute atomic E-state index is 0.255. The molecule has 5 nitrogen and oxygen atoms in total. The van der Waals surface area contributed by atoms with Crippen LogP contribution in [0.3, 0.4) is 0 Å². The lowest BCUT2D eigenvalue weighted by Gasteiger charge is -2.35. The molecule has 0 spiro atoms. The third kappa shape index (κ3) is 4.41. The van der Waals surface area contributed by atoms with Gasteiger partial charge >= 0.3 is 0 Å². The van der Waals surface area contributed by atoms with E-state index in [1.165, 1.54) is 35.7 Å². The Hall–Kier alpha value is -1.85. The SMILES string of the molecule is COCC[C@H]1CCCCN1Cc1cn(CCC(N)=O)c2ccccc12. The molecule has 25 heavy (non-hydrogen) atoms. The van der Waals surface area contributed by atoms with Crippen LogP contribution in [0, 0.1) is 0 Å². The van der Waals surface area contributed by atoms with Gasteiger partial charge in [-0.05, 0) is 37.4 Å². The van der Waals surface area contributed by atoms with E-state index in [4.69, 9.17) is 10.5 Å². The van der Waals surface area contributed by atoms with Crippen LogP contribution >= 0.6 is 0 Å². The van der Waals surface area contributed by atoms with Gasteiger partial charge < -0.3 is 15.0 Å². The number of fused-ring (bicyclic) bond motifs is 1. The van der Waals surface area contributed by atoms with Crippen molar-refractivity contribution in [2.45, 2.75) is 51.2 Å². The second kappa shape index (κ2) is 8.50. The lowest BCUT2D eigenvalue weighted by atomic mass is 9.98. The van der Waals surface area contributed by atoms with Crippen LogP contribution in [0.5, 0.6) is 0 Å². The average molecular weight is 343 g/mol. The number of para-hydroxylation sites is 1. The van der Waals surface area contributed by atoms with Crippen molar-refractivity contribution in [3.63, 3.8) is 0 Å². The molecule has 1 saturated heterocycles. The summed E-state index contributed by atoms with van der Waals surface area (Å²) in [6.45, 7) is 3.57. The van der Waals surface area contributed by atoms with Crippen molar-refractivity contribution in [3.8, 4) is 0 Å². The molecular weight excluding hydrogens is 314 g/mol. The molecule has 2 aromatic rings. The molecule has 0 bridgehead atoms. The van der Waals surface area contributed by atoms with Crippen molar-refractivity contribution in [3.05, 3.63) is 36.0 Å². The van der Waals surface area contributed by atoms with E-state index in [2.05, 4.69) is 39.9 Å². The topological polar surface area (TPSA) is 60.5 Å². The summed E-state index contributed by atoms with van der Waals surface area (Å²) in [7, 11) is 1.78. The maximum atomic E-state index is 11.2. The van der Waals surface area contributed by atoms with Crippen LogP contribution in [-0.2, 0) is 22.6 Å². The van der Waals surface area contributed by atoms with Crippen molar-refractivity contribution < 1.29 is 9.53 Å². The van der Waals surface area contributed by atoms with Gasteiger partial charge in [0.05, 0.1) is 0 Å². The van der Waals surface area contributed by atoms with E-state index in [9.17, 15) is 4.79 Å². The average Bonchev–Trinajstić information content (AvgIpc) is 2.97. The second-order valence-electron chi connectivity index (χ2n) is 6.98. The van der Waals surface area contributed by atoms with Crippen LogP contribution in [-0.4, -0.2) is 41.7 Å². The molecule has 0 radical (unpaired) electrons. The summed E-state index contributed by atoms with van der Waals surface area (Å²) in [6.07, 6.45) is 7.50. The maximum absolute atomic E-state index is 11.2. The van der Waals surface area contributed by atoms with Crippen LogP contribution < -0.4 is 5.73 Å². The highest BCUT2D eigenvalue weighted by Crippen LogP contribution is 2.27. The zero-order valence-corrected chi connectivity index (χ0v) is 15.1. The molecule has 2 N–H and O–H groups in total. The van der Waals surface area contributed by atoms with Gasteiger partial charge in [-0.25, -0.2) is 0 Å². The predicted molar refractivity (Wildman–Crippen MR) is 100 cm³/mol. The Morgan fingerprint density at radius 3 is 2.96 bits per heavy atom. The van der Waals surface area contributed by atoms with E-state index in [1.807, 2.05) is 0 Å². The first kappa shape index (κ1) is 18.0. The number of primary amides is 1. The normalized spacial score (nSPS) is 18.7. The minimum atomic E-state index is -0.255. The van der Waals surface area contributed by atoms with E-state index in [1.54, 1.807) is 7.11 Å². The van der Waals surface area contributed by atoms with Crippen molar-refractivity contribution in [1.82, 2.24) is 9.47 Å². The summed E-state index contributed by atoms with van der Waals surface area (Å²) in [5.74, 6) is -0.255. The van der Waals surface area contributed by atoms with Gasteiger partial charge in [-0.3, -0.25) is 9.69 Å². The molecule has 3 rings (SSSR count). The highest BCUT2D eigenvalue weighted by molar-refractivity contribution is 5.84. The van der Waals surface area contributed by atoms with Gasteiger partial charge in [0.1, 0.15) is 0 Å². The van der Waals surface area contributed by atoms with Crippen LogP contribution in [0.1, 0.15) is 37.7 Å². The van der Waals surface area contributed by atoms with Crippen LogP contribution in [0.25, 0.3) is 10.9 Å². The van der Waals surface area contributed by atoms with Crippen LogP contribution in [0.2, 0.25) is 0 Å². The molecule has 0 saturated carbocycles. The van der Waals surface area contributed by atoms with Gasteiger partial charge in [0.2, 0.25) is 5.91 Å². The van der Waals surface area contributed by atoms with Crippen molar-refractivity contribution in [2.24, 2.45) is 5.73 Å².